The Morgan fingerprint density at radius 1 is 1.38 bits per heavy atom. The fraction of sp³-hybridized carbons (Fsp3) is 0.273. The molecule has 0 aliphatic carbocycles. The Bertz CT molecular complexity index is 318. The van der Waals surface area contributed by atoms with Crippen LogP contribution in [0.4, 0.5) is 5.69 Å². The molecule has 0 aliphatic rings. The maximum Gasteiger partial charge on any atom is 0.0899 e. The summed E-state index contributed by atoms with van der Waals surface area (Å²) < 4.78 is 0. The molecule has 0 saturated carbocycles. The third kappa shape index (κ3) is 2.81. The number of hydrogen-bond acceptors (Lipinski definition) is 2. The average molecular weight is 175 g/mol. The average Bonchev–Trinajstić information content (AvgIpc) is 2.15. The van der Waals surface area contributed by atoms with E-state index in [0.29, 0.717) is 12.1 Å². The van der Waals surface area contributed by atoms with Gasteiger partial charge < -0.3 is 10.8 Å². The number of aliphatic hydroxyl groups is 1. The Labute approximate surface area is 78.4 Å². The molecule has 13 heavy (non-hydrogen) atoms. The molecule has 2 heteroatoms. The van der Waals surface area contributed by atoms with Crippen molar-refractivity contribution in [1.29, 1.82) is 0 Å². The quantitative estimate of drug-likeness (QED) is 0.531. The Kier molecular flexibility index (Phi) is 3.36. The standard InChI is InChI=1S/C11H13NO/c1-2-3-4-11(13)9-5-7-10(12)8-6-9/h5-8,11,13H,4,12H2,1H3. The normalized spacial score (nSPS) is 11.5. The van der Waals surface area contributed by atoms with Crippen LogP contribution in [0, 0.1) is 11.8 Å². The molecule has 3 N–H and O–H groups in total. The molecular weight excluding hydrogens is 162 g/mol. The van der Waals surface area contributed by atoms with Crippen LogP contribution >= 0.6 is 0 Å². The van der Waals surface area contributed by atoms with E-state index >= 15 is 0 Å². The summed E-state index contributed by atoms with van der Waals surface area (Å²) in [5, 5.41) is 9.60. The van der Waals surface area contributed by atoms with Crippen molar-refractivity contribution in [2.24, 2.45) is 0 Å². The molecule has 1 atom stereocenters. The van der Waals surface area contributed by atoms with Gasteiger partial charge in [0.2, 0.25) is 0 Å². The summed E-state index contributed by atoms with van der Waals surface area (Å²) in [7, 11) is 0. The van der Waals surface area contributed by atoms with Gasteiger partial charge in [-0.3, -0.25) is 0 Å². The molecule has 0 saturated heterocycles. The maximum absolute atomic E-state index is 9.60. The van der Waals surface area contributed by atoms with Gasteiger partial charge in [0.25, 0.3) is 0 Å². The van der Waals surface area contributed by atoms with Crippen molar-refractivity contribution >= 4 is 5.69 Å². The van der Waals surface area contributed by atoms with E-state index in [9.17, 15) is 5.11 Å². The monoisotopic (exact) mass is 175 g/mol. The van der Waals surface area contributed by atoms with E-state index in [0.717, 1.165) is 5.56 Å². The van der Waals surface area contributed by atoms with Crippen molar-refractivity contribution in [2.75, 3.05) is 5.73 Å². The molecular formula is C11H13NO. The van der Waals surface area contributed by atoms with Crippen molar-refractivity contribution in [2.45, 2.75) is 19.4 Å². The molecule has 0 bridgehead atoms. The summed E-state index contributed by atoms with van der Waals surface area (Å²) in [4.78, 5) is 0. The number of hydrogen-bond donors (Lipinski definition) is 2. The third-order valence-corrected chi connectivity index (χ3v) is 1.79. The van der Waals surface area contributed by atoms with Crippen LogP contribution in [0.1, 0.15) is 25.0 Å². The minimum absolute atomic E-state index is 0.473. The second kappa shape index (κ2) is 4.54. The van der Waals surface area contributed by atoms with Crippen LogP contribution in [0.25, 0.3) is 0 Å². The van der Waals surface area contributed by atoms with Crippen molar-refractivity contribution in [3.63, 3.8) is 0 Å². The summed E-state index contributed by atoms with van der Waals surface area (Å²) >= 11 is 0. The fourth-order valence-electron chi connectivity index (χ4n) is 1.03. The number of nitrogen functional groups attached to an aromatic ring is 1. The first-order valence-corrected chi connectivity index (χ1v) is 4.17. The van der Waals surface area contributed by atoms with E-state index in [4.69, 9.17) is 5.73 Å². The second-order valence-electron chi connectivity index (χ2n) is 2.81. The van der Waals surface area contributed by atoms with Crippen LogP contribution < -0.4 is 5.73 Å². The molecule has 0 aliphatic heterocycles. The highest BCUT2D eigenvalue weighted by Crippen LogP contribution is 2.16. The fourth-order valence-corrected chi connectivity index (χ4v) is 1.03. The van der Waals surface area contributed by atoms with Gasteiger partial charge in [0.15, 0.2) is 0 Å². The topological polar surface area (TPSA) is 46.2 Å². The minimum Gasteiger partial charge on any atom is -0.399 e. The maximum atomic E-state index is 9.60. The third-order valence-electron chi connectivity index (χ3n) is 1.79. The van der Waals surface area contributed by atoms with Gasteiger partial charge >= 0.3 is 0 Å². The zero-order valence-electron chi connectivity index (χ0n) is 7.62. The highest BCUT2D eigenvalue weighted by molar-refractivity contribution is 5.39. The zero-order valence-corrected chi connectivity index (χ0v) is 7.62. The van der Waals surface area contributed by atoms with Gasteiger partial charge in [0.1, 0.15) is 0 Å². The van der Waals surface area contributed by atoms with E-state index in [1.165, 1.54) is 0 Å². The summed E-state index contributed by atoms with van der Waals surface area (Å²) in [6.07, 6.45) is -0.0338. The van der Waals surface area contributed by atoms with Gasteiger partial charge in [0, 0.05) is 12.1 Å². The summed E-state index contributed by atoms with van der Waals surface area (Å²) in [6.45, 7) is 1.76. The van der Waals surface area contributed by atoms with E-state index in [2.05, 4.69) is 11.8 Å². The van der Waals surface area contributed by atoms with Crippen LogP contribution in [0.5, 0.6) is 0 Å². The highest BCUT2D eigenvalue weighted by atomic mass is 16.3. The Morgan fingerprint density at radius 2 is 2.00 bits per heavy atom. The SMILES string of the molecule is CC#CCC(O)c1ccc(N)cc1. The molecule has 1 unspecified atom stereocenters. The van der Waals surface area contributed by atoms with E-state index in [-0.39, 0.29) is 0 Å². The molecule has 1 aromatic carbocycles. The summed E-state index contributed by atoms with van der Waals surface area (Å²) in [5.41, 5.74) is 7.08. The van der Waals surface area contributed by atoms with Crippen LogP contribution in [-0.4, -0.2) is 5.11 Å². The first kappa shape index (κ1) is 9.63. The number of anilines is 1. The Morgan fingerprint density at radius 3 is 2.54 bits per heavy atom. The molecule has 0 fully saturated rings. The number of aliphatic hydroxyl groups excluding tert-OH is 1. The van der Waals surface area contributed by atoms with E-state index < -0.39 is 6.10 Å². The predicted molar refractivity (Wildman–Crippen MR) is 53.9 cm³/mol. The smallest absolute Gasteiger partial charge is 0.0899 e. The first-order valence-electron chi connectivity index (χ1n) is 4.17. The molecule has 1 aromatic rings. The van der Waals surface area contributed by atoms with E-state index in [1.807, 2.05) is 12.1 Å². The highest BCUT2D eigenvalue weighted by Gasteiger charge is 2.04. The number of rotatable bonds is 2. The lowest BCUT2D eigenvalue weighted by molar-refractivity contribution is 0.184. The molecule has 68 valence electrons. The lowest BCUT2D eigenvalue weighted by atomic mass is 10.1. The lowest BCUT2D eigenvalue weighted by Crippen LogP contribution is -1.96. The number of nitrogens with two attached hydrogens (primary N) is 1. The van der Waals surface area contributed by atoms with Gasteiger partial charge in [0.05, 0.1) is 6.10 Å². The van der Waals surface area contributed by atoms with Crippen molar-refractivity contribution in [3.8, 4) is 11.8 Å². The van der Waals surface area contributed by atoms with Gasteiger partial charge in [-0.05, 0) is 24.6 Å². The summed E-state index contributed by atoms with van der Waals surface area (Å²) in [5.74, 6) is 5.57. The zero-order chi connectivity index (χ0) is 9.68. The first-order chi connectivity index (χ1) is 6.24. The molecule has 0 radical (unpaired) electrons. The van der Waals surface area contributed by atoms with Crippen molar-refractivity contribution in [3.05, 3.63) is 29.8 Å². The lowest BCUT2D eigenvalue weighted by Gasteiger charge is -2.06. The molecule has 0 heterocycles. The molecule has 0 spiro atoms. The van der Waals surface area contributed by atoms with Crippen molar-refractivity contribution in [1.82, 2.24) is 0 Å². The Hall–Kier alpha value is -1.46. The van der Waals surface area contributed by atoms with Crippen LogP contribution in [0.3, 0.4) is 0 Å². The molecule has 0 aromatic heterocycles. The van der Waals surface area contributed by atoms with Crippen molar-refractivity contribution < 1.29 is 5.11 Å². The Balaban J connectivity index is 2.69. The van der Waals surface area contributed by atoms with Crippen LogP contribution in [0.15, 0.2) is 24.3 Å². The number of benzene rings is 1. The van der Waals surface area contributed by atoms with E-state index in [1.54, 1.807) is 19.1 Å². The van der Waals surface area contributed by atoms with Crippen LogP contribution in [-0.2, 0) is 0 Å². The molecule has 1 rings (SSSR count). The predicted octanol–water partition coefficient (Wildman–Crippen LogP) is 1.72. The minimum atomic E-state index is -0.506. The molecule has 0 amide bonds. The summed E-state index contributed by atoms with van der Waals surface area (Å²) in [6, 6.07) is 7.19. The largest absolute Gasteiger partial charge is 0.399 e. The second-order valence-corrected chi connectivity index (χ2v) is 2.81. The van der Waals surface area contributed by atoms with Gasteiger partial charge in [-0.25, -0.2) is 0 Å². The van der Waals surface area contributed by atoms with Crippen LogP contribution in [0.2, 0.25) is 0 Å². The molecule has 2 nitrogen and oxygen atoms in total. The van der Waals surface area contributed by atoms with Gasteiger partial charge in [-0.2, -0.15) is 0 Å². The van der Waals surface area contributed by atoms with Gasteiger partial charge in [-0.1, -0.05) is 12.1 Å². The van der Waals surface area contributed by atoms with Gasteiger partial charge in [-0.15, -0.1) is 11.8 Å².